The normalized spacial score (nSPS) is 20.8. The molecule has 5 heteroatoms. The van der Waals surface area contributed by atoms with Crippen molar-refractivity contribution in [2.45, 2.75) is 233 Å². The third-order valence-electron chi connectivity index (χ3n) is 12.5. The van der Waals surface area contributed by atoms with Gasteiger partial charge in [0.1, 0.15) is 0 Å². The first-order chi connectivity index (χ1) is 24.7. The van der Waals surface area contributed by atoms with Gasteiger partial charge in [0.25, 0.3) is 11.8 Å². The largest absolute Gasteiger partial charge is 0.351 e. The number of rotatable bonds is 32. The molecule has 1 heterocycles. The maximum absolute atomic E-state index is 11.8. The van der Waals surface area contributed by atoms with E-state index in [1.165, 1.54) is 184 Å². The third-order valence-corrected chi connectivity index (χ3v) is 12.5. The molecule has 1 aliphatic carbocycles. The van der Waals surface area contributed by atoms with E-state index in [0.717, 1.165) is 42.9 Å². The molecule has 5 nitrogen and oxygen atoms in total. The molecule has 0 aromatic rings. The van der Waals surface area contributed by atoms with Crippen LogP contribution in [-0.2, 0) is 14.4 Å². The van der Waals surface area contributed by atoms with Gasteiger partial charge in [0, 0.05) is 30.7 Å². The van der Waals surface area contributed by atoms with E-state index in [1.54, 1.807) is 0 Å². The summed E-state index contributed by atoms with van der Waals surface area (Å²) in [5.41, 5.74) is -0.0858. The SMILES string of the molecule is CCCCCCCCC1C(CCCCCC)CCC(CCCCCCCCC(C)(C)NC(=O)CC)C1CCCCCCCCN1C(=O)C=CC1=O. The summed E-state index contributed by atoms with van der Waals surface area (Å²) in [5, 5.41) is 3.18. The zero-order chi connectivity index (χ0) is 37.2. The van der Waals surface area contributed by atoms with Crippen molar-refractivity contribution in [1.29, 1.82) is 0 Å². The Hall–Kier alpha value is -1.65. The van der Waals surface area contributed by atoms with Crippen molar-refractivity contribution in [2.75, 3.05) is 6.54 Å². The predicted octanol–water partition coefficient (Wildman–Crippen LogP) is 13.0. The van der Waals surface area contributed by atoms with Crippen LogP contribution >= 0.6 is 0 Å². The molecule has 1 fully saturated rings. The van der Waals surface area contributed by atoms with Crippen LogP contribution in [-0.4, -0.2) is 34.7 Å². The fraction of sp³-hybridized carbons (Fsp3) is 0.891. The zero-order valence-electron chi connectivity index (χ0n) is 34.6. The highest BCUT2D eigenvalue weighted by molar-refractivity contribution is 6.12. The lowest BCUT2D eigenvalue weighted by Crippen LogP contribution is -2.42. The van der Waals surface area contributed by atoms with Crippen molar-refractivity contribution in [3.05, 3.63) is 12.2 Å². The molecule has 296 valence electrons. The summed E-state index contributed by atoms with van der Waals surface area (Å²) in [4.78, 5) is 36.9. The zero-order valence-corrected chi connectivity index (χ0v) is 34.6. The van der Waals surface area contributed by atoms with E-state index in [9.17, 15) is 14.4 Å². The number of carbonyl (C=O) groups excluding carboxylic acids is 3. The Bertz CT molecular complexity index is 940. The highest BCUT2D eigenvalue weighted by atomic mass is 16.2. The number of hydrogen-bond acceptors (Lipinski definition) is 3. The standard InChI is InChI=1S/C46H84N2O3/c1-6-9-11-13-19-25-31-41-39(29-23-12-10-7-2)33-34-40(30-24-18-14-16-21-27-37-46(4,5)47-43(49)8-3)42(41)32-26-20-15-17-22-28-38-48-44(50)35-36-45(48)51/h35-36,39-42H,6-34,37-38H2,1-5H3,(H,47,49). The summed E-state index contributed by atoms with van der Waals surface area (Å²) in [5.74, 6) is 3.62. The second-order valence-electron chi connectivity index (χ2n) is 17.3. The molecule has 4 atom stereocenters. The molecule has 3 amide bonds. The fourth-order valence-electron chi connectivity index (χ4n) is 9.38. The number of nitrogens with one attached hydrogen (secondary N) is 1. The van der Waals surface area contributed by atoms with Crippen molar-refractivity contribution < 1.29 is 14.4 Å². The fourth-order valence-corrected chi connectivity index (χ4v) is 9.38. The molecule has 1 aliphatic heterocycles. The van der Waals surface area contributed by atoms with Gasteiger partial charge in [-0.05, 0) is 76.0 Å². The van der Waals surface area contributed by atoms with Crippen LogP contribution in [0.25, 0.3) is 0 Å². The molecule has 0 radical (unpaired) electrons. The molecular weight excluding hydrogens is 629 g/mol. The van der Waals surface area contributed by atoms with Gasteiger partial charge in [0.05, 0.1) is 0 Å². The van der Waals surface area contributed by atoms with E-state index in [-0.39, 0.29) is 23.3 Å². The average molecular weight is 713 g/mol. The van der Waals surface area contributed by atoms with Gasteiger partial charge >= 0.3 is 0 Å². The Morgan fingerprint density at radius 3 is 1.45 bits per heavy atom. The first-order valence-corrected chi connectivity index (χ1v) is 22.6. The number of carbonyl (C=O) groups is 3. The quantitative estimate of drug-likeness (QED) is 0.0558. The first-order valence-electron chi connectivity index (χ1n) is 22.6. The number of nitrogens with zero attached hydrogens (tertiary/aromatic N) is 1. The monoisotopic (exact) mass is 713 g/mol. The molecule has 0 bridgehead atoms. The first kappa shape index (κ1) is 45.5. The number of unbranched alkanes of at least 4 members (excludes halogenated alkanes) is 18. The third kappa shape index (κ3) is 19.8. The highest BCUT2D eigenvalue weighted by Crippen LogP contribution is 2.48. The average Bonchev–Trinajstić information content (AvgIpc) is 3.43. The van der Waals surface area contributed by atoms with E-state index in [1.807, 2.05) is 6.92 Å². The maximum atomic E-state index is 11.8. The molecule has 1 N–H and O–H groups in total. The van der Waals surface area contributed by atoms with Gasteiger partial charge < -0.3 is 5.32 Å². The van der Waals surface area contributed by atoms with Crippen molar-refractivity contribution in [3.63, 3.8) is 0 Å². The van der Waals surface area contributed by atoms with E-state index >= 15 is 0 Å². The molecular formula is C46H84N2O3. The molecule has 0 saturated heterocycles. The van der Waals surface area contributed by atoms with Gasteiger partial charge in [0.15, 0.2) is 0 Å². The van der Waals surface area contributed by atoms with Crippen molar-refractivity contribution in [3.8, 4) is 0 Å². The van der Waals surface area contributed by atoms with E-state index < -0.39 is 0 Å². The minimum atomic E-state index is -0.143. The van der Waals surface area contributed by atoms with E-state index in [2.05, 4.69) is 33.0 Å². The molecule has 1 saturated carbocycles. The summed E-state index contributed by atoms with van der Waals surface area (Å²) >= 11 is 0. The maximum Gasteiger partial charge on any atom is 0.253 e. The van der Waals surface area contributed by atoms with Gasteiger partial charge in [0.2, 0.25) is 5.91 Å². The van der Waals surface area contributed by atoms with E-state index in [4.69, 9.17) is 0 Å². The smallest absolute Gasteiger partial charge is 0.253 e. The van der Waals surface area contributed by atoms with Crippen molar-refractivity contribution in [1.82, 2.24) is 10.2 Å². The van der Waals surface area contributed by atoms with Crippen LogP contribution in [0.1, 0.15) is 227 Å². The van der Waals surface area contributed by atoms with Gasteiger partial charge in [-0.15, -0.1) is 0 Å². The summed E-state index contributed by atoms with van der Waals surface area (Å²) < 4.78 is 0. The second-order valence-corrected chi connectivity index (χ2v) is 17.3. The molecule has 0 aromatic carbocycles. The Labute approximate surface area is 316 Å². The molecule has 2 aliphatic rings. The summed E-state index contributed by atoms with van der Waals surface area (Å²) in [6.07, 6.45) is 42.5. The molecule has 0 aromatic heterocycles. The number of imide groups is 1. The lowest BCUT2D eigenvalue weighted by Gasteiger charge is -2.44. The Kier molecular flexibility index (Phi) is 24.9. The van der Waals surface area contributed by atoms with Gasteiger partial charge in [-0.2, -0.15) is 0 Å². The van der Waals surface area contributed by atoms with Crippen LogP contribution in [0.4, 0.5) is 0 Å². The van der Waals surface area contributed by atoms with E-state index in [0.29, 0.717) is 13.0 Å². The molecule has 0 spiro atoms. The topological polar surface area (TPSA) is 66.5 Å². The van der Waals surface area contributed by atoms with Crippen LogP contribution in [0.5, 0.6) is 0 Å². The van der Waals surface area contributed by atoms with Crippen molar-refractivity contribution >= 4 is 17.7 Å². The highest BCUT2D eigenvalue weighted by Gasteiger charge is 2.37. The Morgan fingerprint density at radius 1 is 0.588 bits per heavy atom. The van der Waals surface area contributed by atoms with Crippen LogP contribution < -0.4 is 5.32 Å². The Morgan fingerprint density at radius 2 is 0.980 bits per heavy atom. The van der Waals surface area contributed by atoms with Crippen LogP contribution in [0.3, 0.4) is 0 Å². The lowest BCUT2D eigenvalue weighted by molar-refractivity contribution is -0.136. The summed E-state index contributed by atoms with van der Waals surface area (Å²) in [6, 6.07) is 0. The van der Waals surface area contributed by atoms with Gasteiger partial charge in [-0.3, -0.25) is 19.3 Å². The van der Waals surface area contributed by atoms with Crippen LogP contribution in [0.15, 0.2) is 12.2 Å². The van der Waals surface area contributed by atoms with Crippen molar-refractivity contribution in [2.24, 2.45) is 23.7 Å². The van der Waals surface area contributed by atoms with Crippen LogP contribution in [0.2, 0.25) is 0 Å². The summed E-state index contributed by atoms with van der Waals surface area (Å²) in [7, 11) is 0. The Balaban J connectivity index is 1.86. The number of amides is 3. The summed E-state index contributed by atoms with van der Waals surface area (Å²) in [6.45, 7) is 11.5. The van der Waals surface area contributed by atoms with Crippen LogP contribution in [0, 0.1) is 23.7 Å². The molecule has 2 rings (SSSR count). The second kappa shape index (κ2) is 27.9. The number of hydrogen-bond donors (Lipinski definition) is 1. The lowest BCUT2D eigenvalue weighted by atomic mass is 9.61. The molecule has 4 unspecified atom stereocenters. The minimum Gasteiger partial charge on any atom is -0.351 e. The van der Waals surface area contributed by atoms with Gasteiger partial charge in [-0.25, -0.2) is 0 Å². The van der Waals surface area contributed by atoms with Gasteiger partial charge in [-0.1, -0.05) is 168 Å². The molecule has 51 heavy (non-hydrogen) atoms. The minimum absolute atomic E-state index is 0.0858. The predicted molar refractivity (Wildman–Crippen MR) is 218 cm³/mol.